The molecule has 1 aliphatic carbocycles. The van der Waals surface area contributed by atoms with Gasteiger partial charge in [0, 0.05) is 17.7 Å². The summed E-state index contributed by atoms with van der Waals surface area (Å²) >= 11 is 0. The Morgan fingerprint density at radius 3 is 2.24 bits per heavy atom. The molecular formula is C22H26N2O. The van der Waals surface area contributed by atoms with E-state index in [4.69, 9.17) is 0 Å². The normalized spacial score (nSPS) is 22.3. The molecule has 1 saturated carbocycles. The summed E-state index contributed by atoms with van der Waals surface area (Å²) in [5.41, 5.74) is 3.31. The molecule has 1 aliphatic heterocycles. The lowest BCUT2D eigenvalue weighted by Crippen LogP contribution is -2.32. The molecule has 1 N–H and O–H groups in total. The van der Waals surface area contributed by atoms with Crippen LogP contribution in [0.3, 0.4) is 0 Å². The first-order valence-electron chi connectivity index (χ1n) is 9.47. The van der Waals surface area contributed by atoms with Crippen LogP contribution >= 0.6 is 0 Å². The zero-order valence-electron chi connectivity index (χ0n) is 14.7. The lowest BCUT2D eigenvalue weighted by molar-refractivity contribution is -0.487. The molecule has 130 valence electrons. The Balaban J connectivity index is 1.62. The highest BCUT2D eigenvalue weighted by atomic mass is 16.5. The van der Waals surface area contributed by atoms with E-state index in [0.717, 1.165) is 36.2 Å². The zero-order chi connectivity index (χ0) is 17.1. The van der Waals surface area contributed by atoms with E-state index in [2.05, 4.69) is 29.6 Å². The van der Waals surface area contributed by atoms with Crippen molar-refractivity contribution in [3.63, 3.8) is 0 Å². The minimum atomic E-state index is 0.00788. The van der Waals surface area contributed by atoms with Crippen LogP contribution < -0.4 is 5.32 Å². The van der Waals surface area contributed by atoms with Crippen molar-refractivity contribution in [2.24, 2.45) is 5.41 Å². The highest BCUT2D eigenvalue weighted by Gasteiger charge is 2.51. The fraction of sp³-hybridized carbons (Fsp3) is 0.409. The maximum absolute atomic E-state index is 13.2. The molecule has 0 amide bonds. The van der Waals surface area contributed by atoms with Crippen molar-refractivity contribution < 1.29 is 4.74 Å². The summed E-state index contributed by atoms with van der Waals surface area (Å²) < 4.78 is 1.33. The average Bonchev–Trinajstić information content (AvgIpc) is 2.93. The second-order valence-corrected chi connectivity index (χ2v) is 7.49. The SMILES string of the molecule is [O-][N+]1=C(c2ccccc2)C2(CCCCC2)CC1CNc1ccccc1. The second kappa shape index (κ2) is 6.91. The van der Waals surface area contributed by atoms with Gasteiger partial charge in [-0.3, -0.25) is 0 Å². The van der Waals surface area contributed by atoms with Gasteiger partial charge >= 0.3 is 0 Å². The van der Waals surface area contributed by atoms with Gasteiger partial charge in [-0.1, -0.05) is 55.7 Å². The molecule has 1 atom stereocenters. The summed E-state index contributed by atoms with van der Waals surface area (Å²) in [4.78, 5) is 0. The third-order valence-electron chi connectivity index (χ3n) is 5.85. The number of para-hydroxylation sites is 1. The minimum absolute atomic E-state index is 0.00788. The van der Waals surface area contributed by atoms with Gasteiger partial charge in [0.25, 0.3) is 0 Å². The highest BCUT2D eigenvalue weighted by Crippen LogP contribution is 2.47. The molecule has 0 aromatic heterocycles. The van der Waals surface area contributed by atoms with Crippen LogP contribution in [0.15, 0.2) is 60.7 Å². The number of hydrogen-bond acceptors (Lipinski definition) is 2. The minimum Gasteiger partial charge on any atom is -0.623 e. The molecule has 4 rings (SSSR count). The summed E-state index contributed by atoms with van der Waals surface area (Å²) in [6.45, 7) is 0.700. The molecule has 2 aromatic carbocycles. The van der Waals surface area contributed by atoms with E-state index >= 15 is 0 Å². The van der Waals surface area contributed by atoms with E-state index in [1.54, 1.807) is 0 Å². The van der Waals surface area contributed by atoms with Gasteiger partial charge in [-0.2, -0.15) is 0 Å². The Bertz CT molecular complexity index is 733. The summed E-state index contributed by atoms with van der Waals surface area (Å²) in [6.07, 6.45) is 7.05. The van der Waals surface area contributed by atoms with Crippen LogP contribution in [0.4, 0.5) is 5.69 Å². The second-order valence-electron chi connectivity index (χ2n) is 7.49. The molecule has 3 heteroatoms. The van der Waals surface area contributed by atoms with Crippen LogP contribution in [-0.2, 0) is 0 Å². The Morgan fingerprint density at radius 1 is 0.920 bits per heavy atom. The Hall–Kier alpha value is -2.29. The zero-order valence-corrected chi connectivity index (χ0v) is 14.7. The van der Waals surface area contributed by atoms with Crippen LogP contribution in [0.5, 0.6) is 0 Å². The molecule has 1 spiro atoms. The molecule has 1 fully saturated rings. The molecule has 3 nitrogen and oxygen atoms in total. The van der Waals surface area contributed by atoms with E-state index in [1.165, 1.54) is 24.0 Å². The van der Waals surface area contributed by atoms with Crippen LogP contribution in [0, 0.1) is 10.6 Å². The van der Waals surface area contributed by atoms with Gasteiger partial charge in [0.05, 0.1) is 12.0 Å². The maximum Gasteiger partial charge on any atom is 0.201 e. The Morgan fingerprint density at radius 2 is 1.56 bits per heavy atom. The standard InChI is InChI=1S/C22H26N2O/c25-24-20(17-23-19-12-6-2-7-13-19)16-22(14-8-3-9-15-22)21(24)18-10-4-1-5-11-18/h1-2,4-7,10-13,20,23H,3,8-9,14-17H2. The van der Waals surface area contributed by atoms with E-state index in [1.807, 2.05) is 36.4 Å². The lowest BCUT2D eigenvalue weighted by Gasteiger charge is -2.31. The number of anilines is 1. The van der Waals surface area contributed by atoms with Gasteiger partial charge in [0.15, 0.2) is 6.04 Å². The third-order valence-corrected chi connectivity index (χ3v) is 5.85. The monoisotopic (exact) mass is 334 g/mol. The summed E-state index contributed by atoms with van der Waals surface area (Å²) in [6, 6.07) is 20.5. The molecule has 0 bridgehead atoms. The van der Waals surface area contributed by atoms with Crippen molar-refractivity contribution in [3.05, 3.63) is 71.4 Å². The maximum atomic E-state index is 13.2. The van der Waals surface area contributed by atoms with Gasteiger partial charge < -0.3 is 10.5 Å². The van der Waals surface area contributed by atoms with Gasteiger partial charge in [-0.15, -0.1) is 0 Å². The van der Waals surface area contributed by atoms with E-state index in [-0.39, 0.29) is 11.5 Å². The van der Waals surface area contributed by atoms with Crippen molar-refractivity contribution in [1.29, 1.82) is 0 Å². The quantitative estimate of drug-likeness (QED) is 0.643. The van der Waals surface area contributed by atoms with E-state index in [0.29, 0.717) is 6.54 Å². The van der Waals surface area contributed by atoms with E-state index in [9.17, 15) is 5.21 Å². The molecule has 0 saturated heterocycles. The summed E-state index contributed by atoms with van der Waals surface area (Å²) in [5.74, 6) is 0. The largest absolute Gasteiger partial charge is 0.623 e. The van der Waals surface area contributed by atoms with Crippen molar-refractivity contribution in [3.8, 4) is 0 Å². The predicted octanol–water partition coefficient (Wildman–Crippen LogP) is 4.82. The fourth-order valence-electron chi connectivity index (χ4n) is 4.69. The molecule has 2 aliphatic rings. The number of nitrogens with zero attached hydrogens (tertiary/aromatic N) is 1. The summed E-state index contributed by atoms with van der Waals surface area (Å²) in [5, 5.41) is 16.7. The van der Waals surface area contributed by atoms with Gasteiger partial charge in [-0.05, 0) is 37.1 Å². The summed E-state index contributed by atoms with van der Waals surface area (Å²) in [7, 11) is 0. The fourth-order valence-corrected chi connectivity index (χ4v) is 4.69. The predicted molar refractivity (Wildman–Crippen MR) is 103 cm³/mol. The molecule has 25 heavy (non-hydrogen) atoms. The van der Waals surface area contributed by atoms with Crippen molar-refractivity contribution in [2.75, 3.05) is 11.9 Å². The Kier molecular flexibility index (Phi) is 4.48. The molecule has 1 unspecified atom stereocenters. The molecule has 2 aromatic rings. The van der Waals surface area contributed by atoms with E-state index < -0.39 is 0 Å². The number of hydrogen-bond donors (Lipinski definition) is 1. The molecular weight excluding hydrogens is 308 g/mol. The lowest BCUT2D eigenvalue weighted by atomic mass is 9.67. The Labute approximate surface area is 150 Å². The highest BCUT2D eigenvalue weighted by molar-refractivity contribution is 6.02. The van der Waals surface area contributed by atoms with Crippen LogP contribution in [-0.4, -0.2) is 23.0 Å². The molecule has 0 radical (unpaired) electrons. The third kappa shape index (κ3) is 3.15. The number of nitrogens with one attached hydrogen (secondary N) is 1. The smallest absolute Gasteiger partial charge is 0.201 e. The first-order chi connectivity index (χ1) is 12.3. The first kappa shape index (κ1) is 16.2. The molecule has 1 heterocycles. The van der Waals surface area contributed by atoms with Crippen molar-refractivity contribution in [1.82, 2.24) is 0 Å². The number of benzene rings is 2. The van der Waals surface area contributed by atoms with Gasteiger partial charge in [-0.25, -0.2) is 4.74 Å². The number of hydroxylamine groups is 1. The van der Waals surface area contributed by atoms with Crippen LogP contribution in [0.1, 0.15) is 44.1 Å². The average molecular weight is 334 g/mol. The van der Waals surface area contributed by atoms with Crippen molar-refractivity contribution >= 4 is 11.4 Å². The van der Waals surface area contributed by atoms with Crippen LogP contribution in [0.25, 0.3) is 0 Å². The van der Waals surface area contributed by atoms with Crippen LogP contribution in [0.2, 0.25) is 0 Å². The first-order valence-corrected chi connectivity index (χ1v) is 9.47. The van der Waals surface area contributed by atoms with Crippen molar-refractivity contribution in [2.45, 2.75) is 44.6 Å². The topological polar surface area (TPSA) is 38.1 Å². The van der Waals surface area contributed by atoms with Gasteiger partial charge in [0.1, 0.15) is 0 Å². The number of rotatable bonds is 4. The van der Waals surface area contributed by atoms with Gasteiger partial charge in [0.2, 0.25) is 5.71 Å².